The average molecular weight is 212 g/mol. The second-order valence-corrected chi connectivity index (χ2v) is 4.14. The summed E-state index contributed by atoms with van der Waals surface area (Å²) in [5.74, 6) is 0.982. The lowest BCUT2D eigenvalue weighted by atomic mass is 9.85. The molecule has 2 rings (SSSR count). The highest BCUT2D eigenvalue weighted by molar-refractivity contribution is 5.24. The number of nitrogens with zero attached hydrogens (tertiary/aromatic N) is 2. The smallest absolute Gasteiger partial charge is 0.0270 e. The molecule has 0 fully saturated rings. The monoisotopic (exact) mass is 212 g/mol. The van der Waals surface area contributed by atoms with E-state index in [-0.39, 0.29) is 0 Å². The third kappa shape index (κ3) is 2.27. The fourth-order valence-corrected chi connectivity index (χ4v) is 1.91. The maximum absolute atomic E-state index is 4.05. The van der Waals surface area contributed by atoms with Gasteiger partial charge in [0.15, 0.2) is 0 Å². The minimum absolute atomic E-state index is 0.491. The average Bonchev–Trinajstić information content (AvgIpc) is 2.39. The van der Waals surface area contributed by atoms with Gasteiger partial charge in [0.25, 0.3) is 0 Å². The number of aromatic nitrogens is 2. The Morgan fingerprint density at radius 3 is 1.31 bits per heavy atom. The fraction of sp³-hybridized carbons (Fsp3) is 0.286. The molecule has 16 heavy (non-hydrogen) atoms. The van der Waals surface area contributed by atoms with Crippen molar-refractivity contribution in [1.82, 2.24) is 9.97 Å². The van der Waals surface area contributed by atoms with Gasteiger partial charge in [-0.25, -0.2) is 0 Å². The van der Waals surface area contributed by atoms with Crippen LogP contribution in [0.25, 0.3) is 0 Å². The Kier molecular flexibility index (Phi) is 3.30. The maximum Gasteiger partial charge on any atom is 0.0270 e. The molecule has 0 spiro atoms. The van der Waals surface area contributed by atoms with E-state index >= 15 is 0 Å². The van der Waals surface area contributed by atoms with Crippen LogP contribution >= 0.6 is 0 Å². The van der Waals surface area contributed by atoms with Crippen LogP contribution in [-0.2, 0) is 0 Å². The molecule has 2 nitrogen and oxygen atoms in total. The normalized spacial score (nSPS) is 14.4. The summed E-state index contributed by atoms with van der Waals surface area (Å²) in [7, 11) is 0. The SMILES string of the molecule is C[C@@H](c1ccncc1)[C@@H](C)c1ccncc1. The topological polar surface area (TPSA) is 25.8 Å². The van der Waals surface area contributed by atoms with Crippen LogP contribution in [0.4, 0.5) is 0 Å². The highest BCUT2D eigenvalue weighted by Crippen LogP contribution is 2.31. The van der Waals surface area contributed by atoms with Crippen LogP contribution in [0.15, 0.2) is 49.1 Å². The zero-order chi connectivity index (χ0) is 11.4. The van der Waals surface area contributed by atoms with Crippen LogP contribution in [0, 0.1) is 0 Å². The predicted octanol–water partition coefficient (Wildman–Crippen LogP) is 3.38. The van der Waals surface area contributed by atoms with E-state index in [1.54, 1.807) is 0 Å². The van der Waals surface area contributed by atoms with Crippen LogP contribution in [0.1, 0.15) is 36.8 Å². The first-order chi connectivity index (χ1) is 7.79. The number of hydrogen-bond acceptors (Lipinski definition) is 2. The first-order valence-electron chi connectivity index (χ1n) is 5.59. The number of rotatable bonds is 3. The van der Waals surface area contributed by atoms with Gasteiger partial charge in [-0.3, -0.25) is 9.97 Å². The molecule has 0 saturated heterocycles. The van der Waals surface area contributed by atoms with E-state index in [0.29, 0.717) is 11.8 Å². The zero-order valence-electron chi connectivity index (χ0n) is 9.67. The molecule has 0 aliphatic carbocycles. The Labute approximate surface area is 96.4 Å². The third-order valence-corrected chi connectivity index (χ3v) is 3.21. The van der Waals surface area contributed by atoms with Crippen LogP contribution < -0.4 is 0 Å². The van der Waals surface area contributed by atoms with E-state index in [1.165, 1.54) is 11.1 Å². The summed E-state index contributed by atoms with van der Waals surface area (Å²) in [6.07, 6.45) is 7.41. The molecule has 2 heteroatoms. The van der Waals surface area contributed by atoms with Gasteiger partial charge in [-0.15, -0.1) is 0 Å². The molecule has 2 aromatic heterocycles. The number of hydrogen-bond donors (Lipinski definition) is 0. The van der Waals surface area contributed by atoms with Crippen molar-refractivity contribution >= 4 is 0 Å². The summed E-state index contributed by atoms with van der Waals surface area (Å²) in [5.41, 5.74) is 2.67. The van der Waals surface area contributed by atoms with Crippen LogP contribution in [0.5, 0.6) is 0 Å². The van der Waals surface area contributed by atoms with Gasteiger partial charge in [-0.2, -0.15) is 0 Å². The zero-order valence-corrected chi connectivity index (χ0v) is 9.67. The van der Waals surface area contributed by atoms with Crippen molar-refractivity contribution in [3.05, 3.63) is 60.2 Å². The molecule has 2 heterocycles. The summed E-state index contributed by atoms with van der Waals surface area (Å²) in [4.78, 5) is 8.10. The molecule has 0 unspecified atom stereocenters. The van der Waals surface area contributed by atoms with E-state index in [4.69, 9.17) is 0 Å². The van der Waals surface area contributed by atoms with Gasteiger partial charge >= 0.3 is 0 Å². The Hall–Kier alpha value is -1.70. The molecule has 82 valence electrons. The molecule has 0 aromatic carbocycles. The summed E-state index contributed by atoms with van der Waals surface area (Å²) in [6, 6.07) is 8.34. The molecule has 0 saturated carbocycles. The van der Waals surface area contributed by atoms with Crippen LogP contribution in [0.2, 0.25) is 0 Å². The van der Waals surface area contributed by atoms with Gasteiger partial charge in [0, 0.05) is 24.8 Å². The Balaban J connectivity index is 2.20. The van der Waals surface area contributed by atoms with Gasteiger partial charge in [0.2, 0.25) is 0 Å². The van der Waals surface area contributed by atoms with Crippen molar-refractivity contribution in [2.45, 2.75) is 25.7 Å². The summed E-state index contributed by atoms with van der Waals surface area (Å²) < 4.78 is 0. The Bertz CT molecular complexity index is 382. The number of pyridine rings is 2. The lowest BCUT2D eigenvalue weighted by Crippen LogP contribution is -2.04. The van der Waals surface area contributed by atoms with E-state index < -0.39 is 0 Å². The molecular formula is C14H16N2. The lowest BCUT2D eigenvalue weighted by Gasteiger charge is -2.20. The Morgan fingerprint density at radius 1 is 0.688 bits per heavy atom. The predicted molar refractivity (Wildman–Crippen MR) is 65.3 cm³/mol. The first-order valence-corrected chi connectivity index (χ1v) is 5.59. The molecule has 0 amide bonds. The highest BCUT2D eigenvalue weighted by atomic mass is 14.6. The maximum atomic E-state index is 4.05. The van der Waals surface area contributed by atoms with E-state index in [0.717, 1.165) is 0 Å². The van der Waals surface area contributed by atoms with Gasteiger partial charge in [-0.1, -0.05) is 13.8 Å². The minimum Gasteiger partial charge on any atom is -0.265 e. The highest BCUT2D eigenvalue weighted by Gasteiger charge is 2.15. The molecule has 2 atom stereocenters. The summed E-state index contributed by atoms with van der Waals surface area (Å²) >= 11 is 0. The van der Waals surface area contributed by atoms with Crippen molar-refractivity contribution in [3.63, 3.8) is 0 Å². The summed E-state index contributed by atoms with van der Waals surface area (Å²) in [6.45, 7) is 4.50. The largest absolute Gasteiger partial charge is 0.265 e. The fourth-order valence-electron chi connectivity index (χ4n) is 1.91. The van der Waals surface area contributed by atoms with E-state index in [2.05, 4.69) is 48.1 Å². The second-order valence-electron chi connectivity index (χ2n) is 4.14. The minimum atomic E-state index is 0.491. The first kappa shape index (κ1) is 10.8. The van der Waals surface area contributed by atoms with Crippen molar-refractivity contribution in [3.8, 4) is 0 Å². The van der Waals surface area contributed by atoms with Crippen molar-refractivity contribution in [2.24, 2.45) is 0 Å². The van der Waals surface area contributed by atoms with Crippen LogP contribution in [-0.4, -0.2) is 9.97 Å². The lowest BCUT2D eigenvalue weighted by molar-refractivity contribution is 0.622. The van der Waals surface area contributed by atoms with Crippen molar-refractivity contribution in [1.29, 1.82) is 0 Å². The molecule has 0 aliphatic rings. The third-order valence-electron chi connectivity index (χ3n) is 3.21. The van der Waals surface area contributed by atoms with E-state index in [1.807, 2.05) is 24.8 Å². The van der Waals surface area contributed by atoms with Crippen LogP contribution in [0.3, 0.4) is 0 Å². The van der Waals surface area contributed by atoms with Gasteiger partial charge in [-0.05, 0) is 47.2 Å². The molecule has 2 aromatic rings. The van der Waals surface area contributed by atoms with Crippen molar-refractivity contribution < 1.29 is 0 Å². The Morgan fingerprint density at radius 2 is 1.00 bits per heavy atom. The standard InChI is InChI=1S/C14H16N2/c1-11(13-3-7-15-8-4-13)12(2)14-5-9-16-10-6-14/h3-12H,1-2H3/t11-,12-/m1/s1. The van der Waals surface area contributed by atoms with E-state index in [9.17, 15) is 0 Å². The quantitative estimate of drug-likeness (QED) is 0.779. The molecule has 0 bridgehead atoms. The van der Waals surface area contributed by atoms with Gasteiger partial charge in [0.1, 0.15) is 0 Å². The molecule has 0 aliphatic heterocycles. The molecule has 0 radical (unpaired) electrons. The van der Waals surface area contributed by atoms with Gasteiger partial charge in [0.05, 0.1) is 0 Å². The van der Waals surface area contributed by atoms with Gasteiger partial charge < -0.3 is 0 Å². The van der Waals surface area contributed by atoms with Crippen molar-refractivity contribution in [2.75, 3.05) is 0 Å². The summed E-state index contributed by atoms with van der Waals surface area (Å²) in [5, 5.41) is 0. The molecular weight excluding hydrogens is 196 g/mol. The second kappa shape index (κ2) is 4.88. The molecule has 0 N–H and O–H groups in total.